The molecule has 1 rings (SSSR count). The van der Waals surface area contributed by atoms with Crippen LogP contribution in [0.15, 0.2) is 6.07 Å². The molecule has 0 amide bonds. The SMILES string of the molecule is Nc1[nH]c(Cl)cc1Cl. The van der Waals surface area contributed by atoms with E-state index in [-0.39, 0.29) is 0 Å². The maximum Gasteiger partial charge on any atom is 0.120 e. The maximum absolute atomic E-state index is 5.49. The lowest BCUT2D eigenvalue weighted by Gasteiger charge is -1.80. The molecule has 44 valence electrons. The van der Waals surface area contributed by atoms with Crippen molar-refractivity contribution in [1.29, 1.82) is 0 Å². The highest BCUT2D eigenvalue weighted by Gasteiger charge is 1.97. The van der Waals surface area contributed by atoms with Crippen molar-refractivity contribution in [2.24, 2.45) is 0 Å². The van der Waals surface area contributed by atoms with Gasteiger partial charge in [0.25, 0.3) is 0 Å². The molecule has 8 heavy (non-hydrogen) atoms. The number of halogens is 2. The molecule has 1 heterocycles. The van der Waals surface area contributed by atoms with E-state index in [4.69, 9.17) is 28.9 Å². The number of anilines is 1. The van der Waals surface area contributed by atoms with Crippen LogP contribution >= 0.6 is 23.2 Å². The molecule has 1 aromatic rings. The zero-order valence-electron chi connectivity index (χ0n) is 3.91. The van der Waals surface area contributed by atoms with Crippen LogP contribution in [-0.2, 0) is 0 Å². The topological polar surface area (TPSA) is 41.8 Å². The van der Waals surface area contributed by atoms with Gasteiger partial charge < -0.3 is 10.7 Å². The third-order valence-corrected chi connectivity index (χ3v) is 1.28. The summed E-state index contributed by atoms with van der Waals surface area (Å²) in [6, 6.07) is 1.55. The summed E-state index contributed by atoms with van der Waals surface area (Å²) in [5, 5.41) is 0.933. The average molecular weight is 151 g/mol. The number of H-pyrrole nitrogens is 1. The molecule has 0 aliphatic rings. The van der Waals surface area contributed by atoms with Gasteiger partial charge in [-0.2, -0.15) is 0 Å². The zero-order valence-corrected chi connectivity index (χ0v) is 5.42. The molecule has 0 atom stereocenters. The summed E-state index contributed by atoms with van der Waals surface area (Å²) < 4.78 is 0. The van der Waals surface area contributed by atoms with Gasteiger partial charge in [-0.05, 0) is 6.07 Å². The molecule has 0 radical (unpaired) electrons. The van der Waals surface area contributed by atoms with E-state index in [1.54, 1.807) is 6.07 Å². The third-order valence-electron chi connectivity index (χ3n) is 0.765. The molecular formula is C4H4Cl2N2. The van der Waals surface area contributed by atoms with Gasteiger partial charge in [0, 0.05) is 0 Å². The van der Waals surface area contributed by atoms with Gasteiger partial charge in [-0.25, -0.2) is 0 Å². The molecule has 4 heteroatoms. The van der Waals surface area contributed by atoms with E-state index in [0.717, 1.165) is 0 Å². The summed E-state index contributed by atoms with van der Waals surface area (Å²) >= 11 is 10.9. The Morgan fingerprint density at radius 2 is 2.12 bits per heavy atom. The summed E-state index contributed by atoms with van der Waals surface area (Å²) in [4.78, 5) is 2.62. The monoisotopic (exact) mass is 150 g/mol. The Bertz CT molecular complexity index is 174. The number of nitrogens with one attached hydrogen (secondary N) is 1. The molecule has 0 fully saturated rings. The van der Waals surface area contributed by atoms with Crippen LogP contribution in [0.5, 0.6) is 0 Å². The van der Waals surface area contributed by atoms with Crippen molar-refractivity contribution in [3.05, 3.63) is 16.2 Å². The molecule has 0 aromatic carbocycles. The number of aromatic amines is 1. The van der Waals surface area contributed by atoms with Gasteiger partial charge in [-0.3, -0.25) is 0 Å². The minimum atomic E-state index is 0.414. The third kappa shape index (κ3) is 0.904. The quantitative estimate of drug-likeness (QED) is 0.584. The average Bonchev–Trinajstić information content (AvgIpc) is 1.85. The van der Waals surface area contributed by atoms with Gasteiger partial charge in [-0.15, -0.1) is 0 Å². The van der Waals surface area contributed by atoms with Crippen LogP contribution in [-0.4, -0.2) is 4.98 Å². The van der Waals surface area contributed by atoms with Crippen molar-refractivity contribution < 1.29 is 0 Å². The molecule has 0 aliphatic heterocycles. The smallest absolute Gasteiger partial charge is 0.120 e. The van der Waals surface area contributed by atoms with E-state index in [0.29, 0.717) is 16.0 Å². The van der Waals surface area contributed by atoms with Crippen LogP contribution in [0.2, 0.25) is 10.2 Å². The highest BCUT2D eigenvalue weighted by molar-refractivity contribution is 6.36. The molecule has 0 aliphatic carbocycles. The first-order valence-electron chi connectivity index (χ1n) is 1.99. The van der Waals surface area contributed by atoms with Gasteiger partial charge in [0.1, 0.15) is 11.0 Å². The Hall–Kier alpha value is -0.340. The number of nitrogen functional groups attached to an aromatic ring is 1. The summed E-state index contributed by atoms with van der Waals surface area (Å²) in [6.07, 6.45) is 0. The van der Waals surface area contributed by atoms with Gasteiger partial charge in [0.2, 0.25) is 0 Å². The lowest BCUT2D eigenvalue weighted by Crippen LogP contribution is -1.82. The van der Waals surface area contributed by atoms with Crippen molar-refractivity contribution in [2.75, 3.05) is 5.73 Å². The molecule has 0 spiro atoms. The van der Waals surface area contributed by atoms with Crippen molar-refractivity contribution in [3.8, 4) is 0 Å². The fourth-order valence-electron chi connectivity index (χ4n) is 0.413. The van der Waals surface area contributed by atoms with Crippen LogP contribution in [0.1, 0.15) is 0 Å². The second-order valence-corrected chi connectivity index (χ2v) is 2.19. The Morgan fingerprint density at radius 3 is 2.25 bits per heavy atom. The van der Waals surface area contributed by atoms with Gasteiger partial charge in [0.05, 0.1) is 5.02 Å². The molecule has 0 bridgehead atoms. The van der Waals surface area contributed by atoms with E-state index >= 15 is 0 Å². The van der Waals surface area contributed by atoms with Crippen molar-refractivity contribution in [1.82, 2.24) is 4.98 Å². The van der Waals surface area contributed by atoms with E-state index in [1.165, 1.54) is 0 Å². The van der Waals surface area contributed by atoms with E-state index in [1.807, 2.05) is 0 Å². The van der Waals surface area contributed by atoms with Crippen molar-refractivity contribution >= 4 is 29.0 Å². The lowest BCUT2D eigenvalue weighted by atomic mass is 10.6. The molecular weight excluding hydrogens is 147 g/mol. The minimum Gasteiger partial charge on any atom is -0.384 e. The number of aromatic nitrogens is 1. The first-order valence-corrected chi connectivity index (χ1v) is 2.75. The van der Waals surface area contributed by atoms with Gasteiger partial charge >= 0.3 is 0 Å². The summed E-state index contributed by atoms with van der Waals surface area (Å²) in [5.74, 6) is 0.414. The van der Waals surface area contributed by atoms with Crippen LogP contribution < -0.4 is 5.73 Å². The number of hydrogen-bond donors (Lipinski definition) is 2. The van der Waals surface area contributed by atoms with Crippen LogP contribution in [0.4, 0.5) is 5.82 Å². The van der Waals surface area contributed by atoms with Crippen molar-refractivity contribution in [2.45, 2.75) is 0 Å². The predicted octanol–water partition coefficient (Wildman–Crippen LogP) is 1.90. The van der Waals surface area contributed by atoms with Crippen molar-refractivity contribution in [3.63, 3.8) is 0 Å². The molecule has 0 saturated carbocycles. The largest absolute Gasteiger partial charge is 0.384 e. The highest BCUT2D eigenvalue weighted by Crippen LogP contribution is 2.21. The number of hydrogen-bond acceptors (Lipinski definition) is 1. The fourth-order valence-corrected chi connectivity index (χ4v) is 0.837. The molecule has 0 saturated heterocycles. The van der Waals surface area contributed by atoms with Crippen LogP contribution in [0.3, 0.4) is 0 Å². The fraction of sp³-hybridized carbons (Fsp3) is 0. The standard InChI is InChI=1S/C4H4Cl2N2/c5-2-1-3(6)8-4(2)7/h1,8H,7H2. The summed E-state index contributed by atoms with van der Waals surface area (Å²) in [5.41, 5.74) is 5.27. The Kier molecular flexibility index (Phi) is 1.36. The second-order valence-electron chi connectivity index (χ2n) is 1.38. The molecule has 0 unspecified atom stereocenters. The van der Waals surface area contributed by atoms with Gasteiger partial charge in [0.15, 0.2) is 0 Å². The molecule has 1 aromatic heterocycles. The Labute approximate surface area is 56.6 Å². The number of nitrogens with two attached hydrogens (primary N) is 1. The van der Waals surface area contributed by atoms with Crippen LogP contribution in [0.25, 0.3) is 0 Å². The first kappa shape index (κ1) is 5.79. The summed E-state index contributed by atoms with van der Waals surface area (Å²) in [7, 11) is 0. The summed E-state index contributed by atoms with van der Waals surface area (Å²) in [6.45, 7) is 0. The maximum atomic E-state index is 5.49. The minimum absolute atomic E-state index is 0.414. The first-order chi connectivity index (χ1) is 3.70. The normalized spacial score (nSPS) is 9.75. The Morgan fingerprint density at radius 1 is 1.50 bits per heavy atom. The Balaban J connectivity index is 3.14. The molecule has 2 nitrogen and oxygen atoms in total. The van der Waals surface area contributed by atoms with Gasteiger partial charge in [-0.1, -0.05) is 23.2 Å². The van der Waals surface area contributed by atoms with E-state index < -0.39 is 0 Å². The van der Waals surface area contributed by atoms with E-state index in [2.05, 4.69) is 4.98 Å². The van der Waals surface area contributed by atoms with E-state index in [9.17, 15) is 0 Å². The lowest BCUT2D eigenvalue weighted by molar-refractivity contribution is 1.41. The second kappa shape index (κ2) is 1.88. The zero-order chi connectivity index (χ0) is 6.15. The highest BCUT2D eigenvalue weighted by atomic mass is 35.5. The molecule has 3 N–H and O–H groups in total. The number of rotatable bonds is 0. The van der Waals surface area contributed by atoms with Crippen LogP contribution in [0, 0.1) is 0 Å². The predicted molar refractivity (Wildman–Crippen MR) is 35.2 cm³/mol.